The topological polar surface area (TPSA) is 73.6 Å². The molecule has 0 saturated carbocycles. The third kappa shape index (κ3) is 3.88. The molecule has 1 atom stereocenters. The zero-order chi connectivity index (χ0) is 12.0. The minimum Gasteiger partial charge on any atom is -0.497 e. The van der Waals surface area contributed by atoms with Gasteiger partial charge in [-0.3, -0.25) is 9.63 Å². The average Bonchev–Trinajstić information content (AvgIpc) is 2.28. The summed E-state index contributed by atoms with van der Waals surface area (Å²) in [7, 11) is 1.62. The lowest BCUT2D eigenvalue weighted by Gasteiger charge is -2.13. The second-order valence-corrected chi connectivity index (χ2v) is 3.37. The molecule has 0 radical (unpaired) electrons. The fourth-order valence-electron chi connectivity index (χ4n) is 1.20. The van der Waals surface area contributed by atoms with Crippen LogP contribution >= 0.6 is 0 Å². The van der Waals surface area contributed by atoms with E-state index in [-0.39, 0.29) is 12.6 Å². The minimum atomic E-state index is -0.505. The van der Waals surface area contributed by atoms with Crippen LogP contribution in [0.15, 0.2) is 24.3 Å². The maximum absolute atomic E-state index is 10.4. The normalized spacial score (nSPS) is 12.1. The summed E-state index contributed by atoms with van der Waals surface area (Å²) in [5.74, 6) is 0.295. The number of hydrogen-bond donors (Lipinski definition) is 2. The molecule has 5 heteroatoms. The molecular weight excluding hydrogens is 208 g/mol. The minimum absolute atomic E-state index is 0.0229. The van der Waals surface area contributed by atoms with Crippen LogP contribution in [0.1, 0.15) is 18.5 Å². The molecule has 0 fully saturated rings. The monoisotopic (exact) mass is 224 g/mol. The first-order valence-electron chi connectivity index (χ1n) is 4.93. The van der Waals surface area contributed by atoms with Crippen molar-refractivity contribution in [3.63, 3.8) is 0 Å². The lowest BCUT2D eigenvalue weighted by molar-refractivity contribution is -0.126. The maximum atomic E-state index is 10.4. The number of methoxy groups -OCH3 is 1. The van der Waals surface area contributed by atoms with Gasteiger partial charge in [-0.15, -0.1) is 0 Å². The zero-order valence-electron chi connectivity index (χ0n) is 9.40. The number of hydroxylamine groups is 1. The van der Waals surface area contributed by atoms with E-state index >= 15 is 0 Å². The molecule has 0 aromatic heterocycles. The van der Waals surface area contributed by atoms with E-state index in [1.54, 1.807) is 7.11 Å². The fraction of sp³-hybridized carbons (Fsp3) is 0.364. The highest BCUT2D eigenvalue weighted by atomic mass is 16.6. The first kappa shape index (κ1) is 12.5. The Morgan fingerprint density at radius 2 is 2.06 bits per heavy atom. The maximum Gasteiger partial charge on any atom is 0.245 e. The van der Waals surface area contributed by atoms with Gasteiger partial charge in [0.1, 0.15) is 12.4 Å². The molecule has 1 aromatic carbocycles. The standard InChI is InChI=1S/C11H16N2O3/c1-8(13-16-7-11(12)14)9-3-5-10(15-2)6-4-9/h3-6,8,13H,7H2,1-2H3,(H2,12,14). The van der Waals surface area contributed by atoms with Crippen LogP contribution in [-0.2, 0) is 9.63 Å². The van der Waals surface area contributed by atoms with E-state index in [9.17, 15) is 4.79 Å². The number of nitrogens with one attached hydrogen (secondary N) is 1. The van der Waals surface area contributed by atoms with Crippen LogP contribution in [0, 0.1) is 0 Å². The summed E-state index contributed by atoms with van der Waals surface area (Å²) >= 11 is 0. The van der Waals surface area contributed by atoms with Crippen molar-refractivity contribution in [2.45, 2.75) is 13.0 Å². The van der Waals surface area contributed by atoms with Crippen molar-refractivity contribution in [2.24, 2.45) is 5.73 Å². The van der Waals surface area contributed by atoms with Crippen LogP contribution in [0.5, 0.6) is 5.75 Å². The lowest BCUT2D eigenvalue weighted by atomic mass is 10.1. The van der Waals surface area contributed by atoms with Crippen LogP contribution in [0.2, 0.25) is 0 Å². The first-order chi connectivity index (χ1) is 7.63. The van der Waals surface area contributed by atoms with Crippen molar-refractivity contribution in [3.8, 4) is 5.75 Å². The van der Waals surface area contributed by atoms with Crippen molar-refractivity contribution < 1.29 is 14.4 Å². The molecular formula is C11H16N2O3. The molecule has 5 nitrogen and oxygen atoms in total. The molecule has 3 N–H and O–H groups in total. The van der Waals surface area contributed by atoms with Crippen LogP contribution in [0.3, 0.4) is 0 Å². The Morgan fingerprint density at radius 3 is 2.56 bits per heavy atom. The van der Waals surface area contributed by atoms with Gasteiger partial charge in [-0.05, 0) is 24.6 Å². The van der Waals surface area contributed by atoms with E-state index in [0.717, 1.165) is 11.3 Å². The van der Waals surface area contributed by atoms with Crippen LogP contribution in [-0.4, -0.2) is 19.6 Å². The second kappa shape index (κ2) is 6.09. The number of hydrogen-bond acceptors (Lipinski definition) is 4. The smallest absolute Gasteiger partial charge is 0.245 e. The summed E-state index contributed by atoms with van der Waals surface area (Å²) in [6, 6.07) is 7.54. The van der Waals surface area contributed by atoms with Gasteiger partial charge in [-0.2, -0.15) is 5.48 Å². The Balaban J connectivity index is 2.45. The summed E-state index contributed by atoms with van der Waals surface area (Å²) in [4.78, 5) is 15.4. The highest BCUT2D eigenvalue weighted by molar-refractivity contribution is 5.74. The van der Waals surface area contributed by atoms with Gasteiger partial charge in [0.25, 0.3) is 0 Å². The van der Waals surface area contributed by atoms with Gasteiger partial charge in [0.05, 0.1) is 13.2 Å². The summed E-state index contributed by atoms with van der Waals surface area (Å²) in [6.07, 6.45) is 0. The van der Waals surface area contributed by atoms with Gasteiger partial charge in [-0.25, -0.2) is 0 Å². The van der Waals surface area contributed by atoms with Gasteiger partial charge >= 0.3 is 0 Å². The van der Waals surface area contributed by atoms with Crippen molar-refractivity contribution >= 4 is 5.91 Å². The largest absolute Gasteiger partial charge is 0.497 e. The number of nitrogens with two attached hydrogens (primary N) is 1. The third-order valence-corrected chi connectivity index (χ3v) is 2.09. The van der Waals surface area contributed by atoms with E-state index in [1.165, 1.54) is 0 Å². The quantitative estimate of drug-likeness (QED) is 0.700. The first-order valence-corrected chi connectivity index (χ1v) is 4.93. The molecule has 0 heterocycles. The van der Waals surface area contributed by atoms with Crippen LogP contribution in [0.25, 0.3) is 0 Å². The highest BCUT2D eigenvalue weighted by Gasteiger charge is 2.05. The Labute approximate surface area is 94.5 Å². The van der Waals surface area contributed by atoms with Gasteiger partial charge in [0, 0.05) is 0 Å². The van der Waals surface area contributed by atoms with Gasteiger partial charge in [0.2, 0.25) is 5.91 Å². The number of amides is 1. The molecule has 0 bridgehead atoms. The Kier molecular flexibility index (Phi) is 4.75. The number of ether oxygens (including phenoxy) is 1. The molecule has 0 aliphatic carbocycles. The number of carbonyl (C=O) groups excluding carboxylic acids is 1. The van der Waals surface area contributed by atoms with E-state index < -0.39 is 5.91 Å². The third-order valence-electron chi connectivity index (χ3n) is 2.09. The molecule has 1 rings (SSSR count). The Bertz CT molecular complexity index is 338. The van der Waals surface area contributed by atoms with Crippen molar-refractivity contribution in [3.05, 3.63) is 29.8 Å². The molecule has 1 unspecified atom stereocenters. The summed E-state index contributed by atoms with van der Waals surface area (Å²) in [5.41, 5.74) is 8.69. The number of primary amides is 1. The van der Waals surface area contributed by atoms with Crippen LogP contribution < -0.4 is 16.0 Å². The second-order valence-electron chi connectivity index (χ2n) is 3.37. The fourth-order valence-corrected chi connectivity index (χ4v) is 1.20. The Hall–Kier alpha value is -1.59. The average molecular weight is 224 g/mol. The van der Waals surface area contributed by atoms with E-state index in [2.05, 4.69) is 5.48 Å². The number of carbonyl (C=O) groups is 1. The number of benzene rings is 1. The van der Waals surface area contributed by atoms with Gasteiger partial charge in [0.15, 0.2) is 0 Å². The molecule has 16 heavy (non-hydrogen) atoms. The molecule has 0 aliphatic heterocycles. The van der Waals surface area contributed by atoms with Crippen molar-refractivity contribution in [1.29, 1.82) is 0 Å². The van der Waals surface area contributed by atoms with Crippen LogP contribution in [0.4, 0.5) is 0 Å². The predicted molar refractivity (Wildman–Crippen MR) is 59.7 cm³/mol. The molecule has 0 saturated heterocycles. The van der Waals surface area contributed by atoms with E-state index in [1.807, 2.05) is 31.2 Å². The van der Waals surface area contributed by atoms with Crippen molar-refractivity contribution in [1.82, 2.24) is 5.48 Å². The lowest BCUT2D eigenvalue weighted by Crippen LogP contribution is -2.26. The molecule has 1 aromatic rings. The SMILES string of the molecule is COc1ccc(C(C)NOCC(N)=O)cc1. The van der Waals surface area contributed by atoms with E-state index in [4.69, 9.17) is 15.3 Å². The van der Waals surface area contributed by atoms with Gasteiger partial charge < -0.3 is 10.5 Å². The highest BCUT2D eigenvalue weighted by Crippen LogP contribution is 2.16. The summed E-state index contributed by atoms with van der Waals surface area (Å²) in [6.45, 7) is 1.78. The van der Waals surface area contributed by atoms with Gasteiger partial charge in [-0.1, -0.05) is 12.1 Å². The predicted octanol–water partition coefficient (Wildman–Crippen LogP) is 0.763. The Morgan fingerprint density at radius 1 is 1.44 bits per heavy atom. The van der Waals surface area contributed by atoms with Crippen molar-refractivity contribution in [2.75, 3.05) is 13.7 Å². The zero-order valence-corrected chi connectivity index (χ0v) is 9.40. The van der Waals surface area contributed by atoms with E-state index in [0.29, 0.717) is 0 Å². The molecule has 0 spiro atoms. The summed E-state index contributed by atoms with van der Waals surface area (Å²) in [5, 5.41) is 0. The summed E-state index contributed by atoms with van der Waals surface area (Å²) < 4.78 is 5.05. The molecule has 1 amide bonds. The molecule has 88 valence electrons. The number of rotatable bonds is 6. The molecule has 0 aliphatic rings.